The van der Waals surface area contributed by atoms with Gasteiger partial charge in [0.2, 0.25) is 0 Å². The lowest BCUT2D eigenvalue weighted by atomic mass is 9.94. The van der Waals surface area contributed by atoms with E-state index in [4.69, 9.17) is 26.1 Å². The molecule has 7 heteroatoms. The highest BCUT2D eigenvalue weighted by atomic mass is 35.5. The van der Waals surface area contributed by atoms with Crippen LogP contribution in [0.15, 0.2) is 59.0 Å². The number of carbonyl (C=O) groups is 1. The molecule has 3 aliphatic rings. The summed E-state index contributed by atoms with van der Waals surface area (Å²) in [6.07, 6.45) is 16.2. The number of nitrogens with zero attached hydrogens (tertiary/aromatic N) is 2. The Bertz CT molecular complexity index is 1260. The van der Waals surface area contributed by atoms with Gasteiger partial charge in [-0.2, -0.15) is 0 Å². The smallest absolute Gasteiger partial charge is 0.266 e. The summed E-state index contributed by atoms with van der Waals surface area (Å²) in [6.45, 7) is 4.34. The molecule has 1 amide bonds. The van der Waals surface area contributed by atoms with E-state index in [1.54, 1.807) is 7.11 Å². The Balaban J connectivity index is 1.44. The van der Waals surface area contributed by atoms with Crippen LogP contribution in [0.2, 0.25) is 5.02 Å². The number of carbonyl (C=O) groups excluding carboxylic acids is 1. The third kappa shape index (κ3) is 6.95. The number of rotatable bonds is 9. The van der Waals surface area contributed by atoms with Crippen LogP contribution in [0, 0.1) is 0 Å². The van der Waals surface area contributed by atoms with E-state index in [0.717, 1.165) is 52.4 Å². The second-order valence-electron chi connectivity index (χ2n) is 10.9. The number of aliphatic imine (C=N–C) groups is 1. The Morgan fingerprint density at radius 3 is 2.42 bits per heavy atom. The molecule has 3 fully saturated rings. The molecule has 2 aromatic rings. The molecule has 40 heavy (non-hydrogen) atoms. The number of ether oxygens (including phenoxy) is 2. The van der Waals surface area contributed by atoms with Gasteiger partial charge in [-0.25, -0.2) is 0 Å². The second-order valence-corrected chi connectivity index (χ2v) is 12.3. The van der Waals surface area contributed by atoms with Crippen LogP contribution < -0.4 is 9.47 Å². The number of hydrogen-bond donors (Lipinski definition) is 0. The maximum Gasteiger partial charge on any atom is 0.266 e. The molecule has 2 saturated carbocycles. The van der Waals surface area contributed by atoms with E-state index in [0.29, 0.717) is 35.6 Å². The largest absolute Gasteiger partial charge is 0.493 e. The minimum absolute atomic E-state index is 0.0822. The minimum Gasteiger partial charge on any atom is -0.493 e. The maximum absolute atomic E-state index is 13.9. The first-order chi connectivity index (χ1) is 19.6. The van der Waals surface area contributed by atoms with Crippen molar-refractivity contribution in [3.05, 3.63) is 75.7 Å². The van der Waals surface area contributed by atoms with E-state index in [-0.39, 0.29) is 11.9 Å². The molecule has 5 rings (SSSR count). The summed E-state index contributed by atoms with van der Waals surface area (Å²) in [5.74, 6) is 1.41. The van der Waals surface area contributed by atoms with E-state index in [9.17, 15) is 4.79 Å². The second kappa shape index (κ2) is 13.8. The summed E-state index contributed by atoms with van der Waals surface area (Å²) in [6, 6.07) is 12.2. The average molecular weight is 579 g/mol. The van der Waals surface area contributed by atoms with E-state index in [2.05, 4.69) is 12.6 Å². The molecule has 1 saturated heterocycles. The monoisotopic (exact) mass is 578 g/mol. The van der Waals surface area contributed by atoms with Crippen molar-refractivity contribution in [1.29, 1.82) is 0 Å². The van der Waals surface area contributed by atoms with Gasteiger partial charge in [0.1, 0.15) is 6.61 Å². The van der Waals surface area contributed by atoms with Gasteiger partial charge in [0.25, 0.3) is 5.91 Å². The Kier molecular flexibility index (Phi) is 9.92. The van der Waals surface area contributed by atoms with Gasteiger partial charge in [-0.3, -0.25) is 14.7 Å². The van der Waals surface area contributed by atoms with Crippen molar-refractivity contribution in [1.82, 2.24) is 4.90 Å². The summed E-state index contributed by atoms with van der Waals surface area (Å²) in [4.78, 5) is 21.8. The van der Waals surface area contributed by atoms with E-state index in [1.807, 2.05) is 47.4 Å². The lowest BCUT2D eigenvalue weighted by Crippen LogP contribution is -2.41. The fourth-order valence-electron chi connectivity index (χ4n) is 5.88. The Morgan fingerprint density at radius 2 is 1.75 bits per heavy atom. The standard InChI is InChI=1S/C33H39ClN2O3S/c1-3-10-25-19-24(20-29(38-2)31(25)39-22-23-15-17-26(34)18-16-23)21-30-32(37)36(28-13-8-5-9-14-28)33(40-30)35-27-11-6-4-7-12-27/h3,15-21,27-28H,1,4-14,22H2,2H3. The first-order valence-electron chi connectivity index (χ1n) is 14.6. The number of amides is 1. The Labute approximate surface area is 247 Å². The SMILES string of the molecule is C=CCc1cc(C=C2SC(=NC3CCCCC3)N(C3CCCCC3)C2=O)cc(OC)c1OCc1ccc(Cl)cc1. The normalized spacial score (nSPS) is 20.9. The van der Waals surface area contributed by atoms with Crippen LogP contribution in [0.4, 0.5) is 0 Å². The number of hydrogen-bond acceptors (Lipinski definition) is 5. The Hall–Kier alpha value is -2.70. The molecule has 2 aromatic carbocycles. The molecule has 5 nitrogen and oxygen atoms in total. The van der Waals surface area contributed by atoms with Gasteiger partial charge < -0.3 is 9.47 Å². The number of benzene rings is 2. The van der Waals surface area contributed by atoms with Gasteiger partial charge >= 0.3 is 0 Å². The molecule has 0 unspecified atom stereocenters. The summed E-state index contributed by atoms with van der Waals surface area (Å²) in [7, 11) is 1.65. The first-order valence-corrected chi connectivity index (χ1v) is 15.7. The summed E-state index contributed by atoms with van der Waals surface area (Å²) in [5.41, 5.74) is 2.89. The molecule has 212 valence electrons. The molecular formula is C33H39ClN2O3S. The van der Waals surface area contributed by atoms with Crippen molar-refractivity contribution >= 4 is 40.5 Å². The quantitative estimate of drug-likeness (QED) is 0.221. The minimum atomic E-state index is 0.0822. The average Bonchev–Trinajstić information content (AvgIpc) is 3.28. The van der Waals surface area contributed by atoms with Crippen molar-refractivity contribution in [3.8, 4) is 11.5 Å². The summed E-state index contributed by atoms with van der Waals surface area (Å²) < 4.78 is 12.0. The van der Waals surface area contributed by atoms with Crippen LogP contribution in [0.5, 0.6) is 11.5 Å². The predicted octanol–water partition coefficient (Wildman–Crippen LogP) is 8.59. The maximum atomic E-state index is 13.9. The molecule has 0 N–H and O–H groups in total. The first kappa shape index (κ1) is 28.8. The molecular weight excluding hydrogens is 540 g/mol. The van der Waals surface area contributed by atoms with Gasteiger partial charge in [0.05, 0.1) is 18.1 Å². The van der Waals surface area contributed by atoms with Crippen LogP contribution in [0.3, 0.4) is 0 Å². The van der Waals surface area contributed by atoms with Crippen molar-refractivity contribution in [2.45, 2.75) is 89.3 Å². The van der Waals surface area contributed by atoms with Crippen LogP contribution in [0.25, 0.3) is 6.08 Å². The highest BCUT2D eigenvalue weighted by Crippen LogP contribution is 2.40. The molecule has 0 radical (unpaired) electrons. The van der Waals surface area contributed by atoms with Crippen LogP contribution in [-0.4, -0.2) is 35.2 Å². The third-order valence-electron chi connectivity index (χ3n) is 7.98. The van der Waals surface area contributed by atoms with E-state index >= 15 is 0 Å². The number of methoxy groups -OCH3 is 1. The van der Waals surface area contributed by atoms with Gasteiger partial charge in [0.15, 0.2) is 16.7 Å². The molecule has 1 aliphatic heterocycles. The lowest BCUT2D eigenvalue weighted by Gasteiger charge is -2.31. The zero-order valence-corrected chi connectivity index (χ0v) is 24.9. The fourth-order valence-corrected chi connectivity index (χ4v) is 7.12. The number of halogens is 1. The number of thioether (sulfide) groups is 1. The van der Waals surface area contributed by atoms with Crippen LogP contribution in [-0.2, 0) is 17.8 Å². The summed E-state index contributed by atoms with van der Waals surface area (Å²) in [5, 5.41) is 1.59. The van der Waals surface area contributed by atoms with Gasteiger partial charge in [0, 0.05) is 16.6 Å². The zero-order chi connectivity index (χ0) is 27.9. The van der Waals surface area contributed by atoms with Gasteiger partial charge in [-0.05, 0) is 85.3 Å². The molecule has 0 atom stereocenters. The van der Waals surface area contributed by atoms with Gasteiger partial charge in [-0.1, -0.05) is 68.3 Å². The van der Waals surface area contributed by atoms with Crippen molar-refractivity contribution < 1.29 is 14.3 Å². The van der Waals surface area contributed by atoms with Gasteiger partial charge in [-0.15, -0.1) is 6.58 Å². The van der Waals surface area contributed by atoms with Crippen LogP contribution in [0.1, 0.15) is 80.9 Å². The van der Waals surface area contributed by atoms with Crippen molar-refractivity contribution in [2.75, 3.05) is 7.11 Å². The zero-order valence-electron chi connectivity index (χ0n) is 23.4. The predicted molar refractivity (Wildman–Crippen MR) is 166 cm³/mol. The molecule has 1 heterocycles. The highest BCUT2D eigenvalue weighted by molar-refractivity contribution is 8.18. The highest BCUT2D eigenvalue weighted by Gasteiger charge is 2.39. The summed E-state index contributed by atoms with van der Waals surface area (Å²) >= 11 is 7.58. The molecule has 2 aliphatic carbocycles. The van der Waals surface area contributed by atoms with Crippen molar-refractivity contribution in [3.63, 3.8) is 0 Å². The molecule has 0 bridgehead atoms. The fraction of sp³-hybridized carbons (Fsp3) is 0.455. The number of amidine groups is 1. The molecule has 0 aromatic heterocycles. The van der Waals surface area contributed by atoms with E-state index in [1.165, 1.54) is 50.3 Å². The third-order valence-corrected chi connectivity index (χ3v) is 9.23. The van der Waals surface area contributed by atoms with Crippen LogP contribution >= 0.6 is 23.4 Å². The Morgan fingerprint density at radius 1 is 1.05 bits per heavy atom. The lowest BCUT2D eigenvalue weighted by molar-refractivity contribution is -0.124. The van der Waals surface area contributed by atoms with Crippen molar-refractivity contribution in [2.24, 2.45) is 4.99 Å². The van der Waals surface area contributed by atoms with E-state index < -0.39 is 0 Å². The topological polar surface area (TPSA) is 51.1 Å². The number of allylic oxidation sites excluding steroid dienone is 1. The molecule has 0 spiro atoms.